The van der Waals surface area contributed by atoms with Crippen molar-refractivity contribution in [1.82, 2.24) is 14.2 Å². The van der Waals surface area contributed by atoms with Crippen molar-refractivity contribution in [2.75, 3.05) is 10.7 Å². The molecule has 0 bridgehead atoms. The first kappa shape index (κ1) is 29.2. The summed E-state index contributed by atoms with van der Waals surface area (Å²) in [6, 6.07) is 18.3. The highest BCUT2D eigenvalue weighted by Crippen LogP contribution is 2.33. The third-order valence-electron chi connectivity index (χ3n) is 7.15. The van der Waals surface area contributed by atoms with Gasteiger partial charge in [-0.25, -0.2) is 14.2 Å². The van der Waals surface area contributed by atoms with Gasteiger partial charge in [0.25, 0.3) is 5.56 Å². The summed E-state index contributed by atoms with van der Waals surface area (Å²) in [6.07, 6.45) is -1.71. The number of carbonyl (C=O) groups is 1. The molecule has 0 aliphatic carbocycles. The molecule has 0 N–H and O–H groups in total. The van der Waals surface area contributed by atoms with E-state index < -0.39 is 6.36 Å². The molecule has 0 spiro atoms. The Hall–Kier alpha value is -4.91. The monoisotopic (exact) mass is 618 g/mol. The van der Waals surface area contributed by atoms with Crippen molar-refractivity contribution in [3.05, 3.63) is 94.4 Å². The number of amidine groups is 1. The molecule has 2 aromatic heterocycles. The number of aromatic nitrogens is 3. The standard InChI is InChI=1S/C31H25F3N6O3S/c1-18(2)22-6-4-5-7-25(22)39-27(41)17-44-30(39)37-36-15-19-8-13-23-24(14-19)29(42)38(3)40-26(16-35-28(23)40)20-9-11-21(12-10-20)43-31(32,33)34/h4-16,18H,17H2,1-3H3. The average Bonchev–Trinajstić information content (AvgIpc) is 3.59. The van der Waals surface area contributed by atoms with E-state index in [4.69, 9.17) is 0 Å². The predicted octanol–water partition coefficient (Wildman–Crippen LogP) is 6.35. The highest BCUT2D eigenvalue weighted by atomic mass is 32.2. The van der Waals surface area contributed by atoms with Gasteiger partial charge in [0.15, 0.2) is 10.8 Å². The molecule has 0 unspecified atom stereocenters. The van der Waals surface area contributed by atoms with Gasteiger partial charge in [-0.2, -0.15) is 5.10 Å². The van der Waals surface area contributed by atoms with Crippen LogP contribution in [0.25, 0.3) is 27.7 Å². The zero-order valence-corrected chi connectivity index (χ0v) is 24.6. The summed E-state index contributed by atoms with van der Waals surface area (Å²) in [4.78, 5) is 32.3. The summed E-state index contributed by atoms with van der Waals surface area (Å²) >= 11 is 1.31. The Morgan fingerprint density at radius 1 is 1.02 bits per heavy atom. The molecule has 44 heavy (non-hydrogen) atoms. The zero-order valence-electron chi connectivity index (χ0n) is 23.7. The van der Waals surface area contributed by atoms with Crippen LogP contribution in [0.5, 0.6) is 5.75 Å². The highest BCUT2D eigenvalue weighted by molar-refractivity contribution is 8.15. The smallest absolute Gasteiger partial charge is 0.406 e. The molecule has 9 nitrogen and oxygen atoms in total. The Bertz CT molecular complexity index is 2030. The van der Waals surface area contributed by atoms with Gasteiger partial charge < -0.3 is 4.74 Å². The van der Waals surface area contributed by atoms with Crippen molar-refractivity contribution in [2.45, 2.75) is 26.1 Å². The average molecular weight is 619 g/mol. The molecule has 1 fully saturated rings. The molecule has 1 aliphatic heterocycles. The van der Waals surface area contributed by atoms with Crippen LogP contribution in [0.2, 0.25) is 0 Å². The first-order valence-corrected chi connectivity index (χ1v) is 14.5. The van der Waals surface area contributed by atoms with E-state index in [1.165, 1.54) is 46.9 Å². The summed E-state index contributed by atoms with van der Waals surface area (Å²) in [5, 5.41) is 10.1. The molecule has 1 amide bonds. The Balaban J connectivity index is 1.32. The number of imidazole rings is 1. The number of hydrogen-bond donors (Lipinski definition) is 0. The van der Waals surface area contributed by atoms with Crippen LogP contribution in [0.1, 0.15) is 30.9 Å². The van der Waals surface area contributed by atoms with Gasteiger partial charge in [0, 0.05) is 18.0 Å². The highest BCUT2D eigenvalue weighted by Gasteiger charge is 2.32. The quantitative estimate of drug-likeness (QED) is 0.164. The van der Waals surface area contributed by atoms with E-state index in [1.807, 2.05) is 24.3 Å². The lowest BCUT2D eigenvalue weighted by Crippen LogP contribution is -2.30. The van der Waals surface area contributed by atoms with E-state index in [-0.39, 0.29) is 28.9 Å². The number of rotatable bonds is 6. The molecule has 13 heteroatoms. The van der Waals surface area contributed by atoms with Crippen molar-refractivity contribution < 1.29 is 22.7 Å². The number of anilines is 1. The van der Waals surface area contributed by atoms with Gasteiger partial charge >= 0.3 is 6.36 Å². The molecule has 1 saturated heterocycles. The van der Waals surface area contributed by atoms with Crippen molar-refractivity contribution in [3.8, 4) is 17.0 Å². The SMILES string of the molecule is CC(C)c1ccccc1N1C(=O)CSC1=NN=Cc1ccc2c(c1)c(=O)n(C)n1c(-c3ccc(OC(F)(F)F)cc3)cnc21. The molecular formula is C31H25F3N6O3S. The van der Waals surface area contributed by atoms with Gasteiger partial charge in [0.05, 0.1) is 34.9 Å². The van der Waals surface area contributed by atoms with E-state index in [1.54, 1.807) is 40.9 Å². The fourth-order valence-electron chi connectivity index (χ4n) is 5.13. The largest absolute Gasteiger partial charge is 0.573 e. The van der Waals surface area contributed by atoms with Crippen molar-refractivity contribution >= 4 is 51.2 Å². The Morgan fingerprint density at radius 2 is 1.77 bits per heavy atom. The lowest BCUT2D eigenvalue weighted by molar-refractivity contribution is -0.274. The normalized spacial score (nSPS) is 15.1. The molecule has 0 saturated carbocycles. The van der Waals surface area contributed by atoms with Crippen LogP contribution in [-0.4, -0.2) is 43.6 Å². The van der Waals surface area contributed by atoms with Gasteiger partial charge in [-0.05, 0) is 59.5 Å². The Labute approximate surface area is 253 Å². The maximum Gasteiger partial charge on any atom is 0.573 e. The second kappa shape index (κ2) is 11.3. The Morgan fingerprint density at radius 3 is 2.50 bits per heavy atom. The summed E-state index contributed by atoms with van der Waals surface area (Å²) < 4.78 is 44.7. The summed E-state index contributed by atoms with van der Waals surface area (Å²) in [7, 11) is 1.59. The third-order valence-corrected chi connectivity index (χ3v) is 8.06. The molecule has 1 aliphatic rings. The zero-order chi connectivity index (χ0) is 31.2. The first-order chi connectivity index (χ1) is 21.0. The van der Waals surface area contributed by atoms with Gasteiger partial charge in [-0.1, -0.05) is 49.9 Å². The van der Waals surface area contributed by atoms with E-state index >= 15 is 0 Å². The van der Waals surface area contributed by atoms with E-state index in [9.17, 15) is 22.8 Å². The summed E-state index contributed by atoms with van der Waals surface area (Å²) in [6.45, 7) is 4.13. The lowest BCUT2D eigenvalue weighted by Gasteiger charge is -2.20. The summed E-state index contributed by atoms with van der Waals surface area (Å²) in [5.74, 6) is 0.0612. The van der Waals surface area contributed by atoms with Gasteiger partial charge in [0.2, 0.25) is 5.91 Å². The maximum atomic E-state index is 13.4. The maximum absolute atomic E-state index is 13.4. The minimum absolute atomic E-state index is 0.0695. The molecule has 6 rings (SSSR count). The number of nitrogens with zero attached hydrogens (tertiary/aromatic N) is 6. The number of para-hydroxylation sites is 1. The second-order valence-corrected chi connectivity index (χ2v) is 11.3. The molecule has 3 heterocycles. The molecule has 0 radical (unpaired) electrons. The fourth-order valence-corrected chi connectivity index (χ4v) is 5.95. The topological polar surface area (TPSA) is 93.6 Å². The van der Waals surface area contributed by atoms with E-state index in [0.717, 1.165) is 11.3 Å². The number of hydrogen-bond acceptors (Lipinski definition) is 7. The number of aryl methyl sites for hydroxylation is 1. The van der Waals surface area contributed by atoms with Crippen molar-refractivity contribution in [2.24, 2.45) is 17.3 Å². The molecule has 224 valence electrons. The third kappa shape index (κ3) is 5.46. The second-order valence-electron chi connectivity index (χ2n) is 10.3. The van der Waals surface area contributed by atoms with E-state index in [0.29, 0.717) is 38.4 Å². The lowest BCUT2D eigenvalue weighted by atomic mass is 10.0. The van der Waals surface area contributed by atoms with Crippen LogP contribution in [-0.2, 0) is 11.8 Å². The van der Waals surface area contributed by atoms with Crippen LogP contribution in [0, 0.1) is 0 Å². The van der Waals surface area contributed by atoms with Gasteiger partial charge in [0.1, 0.15) is 5.75 Å². The molecule has 5 aromatic rings. The number of ether oxygens (including phenoxy) is 1. The molecular weight excluding hydrogens is 593 g/mol. The number of carbonyl (C=O) groups excluding carboxylic acids is 1. The van der Waals surface area contributed by atoms with Crippen LogP contribution in [0.15, 0.2) is 87.9 Å². The number of thioether (sulfide) groups is 1. The fraction of sp³-hybridized carbons (Fsp3) is 0.194. The number of alkyl halides is 3. The number of benzene rings is 3. The van der Waals surface area contributed by atoms with Crippen LogP contribution >= 0.6 is 11.8 Å². The number of fused-ring (bicyclic) bond motifs is 3. The van der Waals surface area contributed by atoms with E-state index in [2.05, 4.69) is 33.8 Å². The molecule has 0 atom stereocenters. The van der Waals surface area contributed by atoms with Crippen LogP contribution in [0.3, 0.4) is 0 Å². The Kier molecular flexibility index (Phi) is 7.49. The predicted molar refractivity (Wildman–Crippen MR) is 166 cm³/mol. The van der Waals surface area contributed by atoms with Crippen molar-refractivity contribution in [1.29, 1.82) is 0 Å². The summed E-state index contributed by atoms with van der Waals surface area (Å²) in [5.41, 5.74) is 3.71. The van der Waals surface area contributed by atoms with Crippen LogP contribution < -0.4 is 15.2 Å². The number of halogens is 3. The molecule has 3 aromatic carbocycles. The minimum Gasteiger partial charge on any atom is -0.406 e. The minimum atomic E-state index is -4.79. The van der Waals surface area contributed by atoms with Gasteiger partial charge in [-0.15, -0.1) is 18.3 Å². The van der Waals surface area contributed by atoms with Gasteiger partial charge in [-0.3, -0.25) is 14.5 Å². The van der Waals surface area contributed by atoms with Crippen molar-refractivity contribution in [3.63, 3.8) is 0 Å². The van der Waals surface area contributed by atoms with Crippen LogP contribution in [0.4, 0.5) is 18.9 Å². The number of amides is 1. The first-order valence-electron chi connectivity index (χ1n) is 13.5.